The van der Waals surface area contributed by atoms with Crippen molar-refractivity contribution < 1.29 is 9.18 Å². The molecule has 2 N–H and O–H groups in total. The fraction of sp³-hybridized carbons (Fsp3) is 0.133. The predicted molar refractivity (Wildman–Crippen MR) is 79.0 cm³/mol. The van der Waals surface area contributed by atoms with Crippen molar-refractivity contribution in [2.45, 2.75) is 6.04 Å². The molecule has 0 radical (unpaired) electrons. The summed E-state index contributed by atoms with van der Waals surface area (Å²) in [4.78, 5) is 11.7. The van der Waals surface area contributed by atoms with Gasteiger partial charge in [0.15, 0.2) is 0 Å². The maximum absolute atomic E-state index is 13.1. The standard InChI is InChI=1S/C15H12BrFN2O/c16-10-3-6-13-12(7-10)15(18-8-14(20)19-13)9-1-4-11(17)5-2-9/h1-7,15,18H,8H2,(H,19,20)/t15-/m0/s1. The van der Waals surface area contributed by atoms with E-state index in [1.165, 1.54) is 12.1 Å². The number of hydrogen-bond donors (Lipinski definition) is 2. The highest BCUT2D eigenvalue weighted by Crippen LogP contribution is 2.32. The molecule has 1 aliphatic rings. The van der Waals surface area contributed by atoms with Gasteiger partial charge in [0.2, 0.25) is 5.91 Å². The molecule has 1 aliphatic heterocycles. The molecule has 0 fully saturated rings. The lowest BCUT2D eigenvalue weighted by molar-refractivity contribution is -0.115. The predicted octanol–water partition coefficient (Wildman–Crippen LogP) is 3.22. The number of benzene rings is 2. The smallest absolute Gasteiger partial charge is 0.238 e. The summed E-state index contributed by atoms with van der Waals surface area (Å²) >= 11 is 3.44. The third-order valence-corrected chi connectivity index (χ3v) is 3.76. The average Bonchev–Trinajstić information content (AvgIpc) is 2.58. The first-order valence-corrected chi connectivity index (χ1v) is 7.01. The SMILES string of the molecule is O=C1CN[C@@H](c2ccc(F)cc2)c2cc(Br)ccc2N1. The Hall–Kier alpha value is -1.72. The summed E-state index contributed by atoms with van der Waals surface area (Å²) < 4.78 is 14.0. The molecule has 20 heavy (non-hydrogen) atoms. The lowest BCUT2D eigenvalue weighted by atomic mass is 9.97. The van der Waals surface area contributed by atoms with Crippen LogP contribution in [0.5, 0.6) is 0 Å². The van der Waals surface area contributed by atoms with E-state index in [0.717, 1.165) is 21.3 Å². The minimum absolute atomic E-state index is 0.0850. The molecular formula is C15H12BrFN2O. The quantitative estimate of drug-likeness (QED) is 0.840. The zero-order valence-corrected chi connectivity index (χ0v) is 12.1. The van der Waals surface area contributed by atoms with Crippen molar-refractivity contribution in [2.75, 3.05) is 11.9 Å². The lowest BCUT2D eigenvalue weighted by Crippen LogP contribution is -2.27. The van der Waals surface area contributed by atoms with Crippen molar-refractivity contribution in [1.29, 1.82) is 0 Å². The summed E-state index contributed by atoms with van der Waals surface area (Å²) in [6.45, 7) is 0.217. The van der Waals surface area contributed by atoms with E-state index >= 15 is 0 Å². The highest BCUT2D eigenvalue weighted by atomic mass is 79.9. The molecule has 3 nitrogen and oxygen atoms in total. The summed E-state index contributed by atoms with van der Waals surface area (Å²) in [7, 11) is 0. The van der Waals surface area contributed by atoms with Crippen LogP contribution in [0.3, 0.4) is 0 Å². The van der Waals surface area contributed by atoms with E-state index in [1.54, 1.807) is 12.1 Å². The first kappa shape index (κ1) is 13.3. The molecule has 1 heterocycles. The van der Waals surface area contributed by atoms with E-state index in [2.05, 4.69) is 26.6 Å². The molecule has 2 aromatic rings. The number of amides is 1. The molecule has 3 rings (SSSR count). The number of rotatable bonds is 1. The van der Waals surface area contributed by atoms with Gasteiger partial charge in [0.1, 0.15) is 5.82 Å². The molecule has 102 valence electrons. The van der Waals surface area contributed by atoms with Crippen LogP contribution < -0.4 is 10.6 Å². The van der Waals surface area contributed by atoms with Crippen LogP contribution in [-0.4, -0.2) is 12.5 Å². The summed E-state index contributed by atoms with van der Waals surface area (Å²) in [6, 6.07) is 11.9. The van der Waals surface area contributed by atoms with E-state index in [4.69, 9.17) is 0 Å². The second kappa shape index (κ2) is 5.34. The normalized spacial score (nSPS) is 18.1. The third kappa shape index (κ3) is 2.59. The minimum Gasteiger partial charge on any atom is -0.325 e. The first-order valence-electron chi connectivity index (χ1n) is 6.21. The van der Waals surface area contributed by atoms with Crippen molar-refractivity contribution in [3.63, 3.8) is 0 Å². The second-order valence-corrected chi connectivity index (χ2v) is 5.56. The van der Waals surface area contributed by atoms with Gasteiger partial charge in [-0.05, 0) is 41.5 Å². The topological polar surface area (TPSA) is 41.1 Å². The lowest BCUT2D eigenvalue weighted by Gasteiger charge is -2.18. The van der Waals surface area contributed by atoms with Gasteiger partial charge in [0.05, 0.1) is 12.6 Å². The van der Waals surface area contributed by atoms with E-state index in [0.29, 0.717) is 0 Å². The van der Waals surface area contributed by atoms with Crippen molar-refractivity contribution >= 4 is 27.5 Å². The van der Waals surface area contributed by atoms with Gasteiger partial charge in [0.25, 0.3) is 0 Å². The van der Waals surface area contributed by atoms with E-state index < -0.39 is 0 Å². The Kier molecular flexibility index (Phi) is 3.54. The third-order valence-electron chi connectivity index (χ3n) is 3.27. The van der Waals surface area contributed by atoms with Crippen LogP contribution in [0.25, 0.3) is 0 Å². The van der Waals surface area contributed by atoms with Crippen LogP contribution >= 0.6 is 15.9 Å². The summed E-state index contributed by atoms with van der Waals surface area (Å²) in [5.74, 6) is -0.357. The summed E-state index contributed by atoms with van der Waals surface area (Å²) in [5, 5.41) is 6.06. The van der Waals surface area contributed by atoms with Gasteiger partial charge in [-0.15, -0.1) is 0 Å². The van der Waals surface area contributed by atoms with Crippen LogP contribution in [0.2, 0.25) is 0 Å². The van der Waals surface area contributed by atoms with Gasteiger partial charge >= 0.3 is 0 Å². The second-order valence-electron chi connectivity index (χ2n) is 4.65. The molecule has 0 aromatic heterocycles. The fourth-order valence-electron chi connectivity index (χ4n) is 2.34. The van der Waals surface area contributed by atoms with Crippen molar-refractivity contribution in [3.05, 3.63) is 63.9 Å². The maximum atomic E-state index is 13.1. The Bertz CT molecular complexity index is 657. The zero-order valence-electron chi connectivity index (χ0n) is 10.5. The Labute approximate surface area is 124 Å². The van der Waals surface area contributed by atoms with Crippen LogP contribution in [0, 0.1) is 5.82 Å². The molecule has 5 heteroatoms. The Morgan fingerprint density at radius 3 is 2.65 bits per heavy atom. The van der Waals surface area contributed by atoms with Crippen molar-refractivity contribution in [3.8, 4) is 0 Å². The average molecular weight is 335 g/mol. The van der Waals surface area contributed by atoms with Crippen LogP contribution in [0.1, 0.15) is 17.2 Å². The molecule has 1 atom stereocenters. The first-order chi connectivity index (χ1) is 9.63. The molecule has 0 bridgehead atoms. The van der Waals surface area contributed by atoms with Gasteiger partial charge < -0.3 is 5.32 Å². The van der Waals surface area contributed by atoms with Crippen molar-refractivity contribution in [2.24, 2.45) is 0 Å². The van der Waals surface area contributed by atoms with Gasteiger partial charge in [-0.25, -0.2) is 4.39 Å². The molecule has 1 amide bonds. The molecule has 0 saturated carbocycles. The monoisotopic (exact) mass is 334 g/mol. The van der Waals surface area contributed by atoms with Crippen LogP contribution in [0.4, 0.5) is 10.1 Å². The number of hydrogen-bond acceptors (Lipinski definition) is 2. The summed E-state index contributed by atoms with van der Waals surface area (Å²) in [5.41, 5.74) is 2.65. The van der Waals surface area contributed by atoms with Crippen LogP contribution in [0.15, 0.2) is 46.9 Å². The van der Waals surface area contributed by atoms with Crippen molar-refractivity contribution in [1.82, 2.24) is 5.32 Å². The Morgan fingerprint density at radius 1 is 1.15 bits per heavy atom. The minimum atomic E-state index is -0.272. The molecule has 0 aliphatic carbocycles. The van der Waals surface area contributed by atoms with E-state index in [-0.39, 0.29) is 24.3 Å². The zero-order chi connectivity index (χ0) is 14.1. The highest BCUT2D eigenvalue weighted by molar-refractivity contribution is 9.10. The molecule has 0 unspecified atom stereocenters. The maximum Gasteiger partial charge on any atom is 0.238 e. The summed E-state index contributed by atoms with van der Waals surface area (Å²) in [6.07, 6.45) is 0. The number of anilines is 1. The number of carbonyl (C=O) groups excluding carboxylic acids is 1. The van der Waals surface area contributed by atoms with Crippen LogP contribution in [-0.2, 0) is 4.79 Å². The number of fused-ring (bicyclic) bond motifs is 1. The molecular weight excluding hydrogens is 323 g/mol. The van der Waals surface area contributed by atoms with Gasteiger partial charge in [-0.2, -0.15) is 0 Å². The van der Waals surface area contributed by atoms with Gasteiger partial charge in [-0.3, -0.25) is 10.1 Å². The number of nitrogens with one attached hydrogen (secondary N) is 2. The molecule has 0 spiro atoms. The van der Waals surface area contributed by atoms with E-state index in [9.17, 15) is 9.18 Å². The highest BCUT2D eigenvalue weighted by Gasteiger charge is 2.23. The number of halogens is 2. The number of carbonyl (C=O) groups is 1. The van der Waals surface area contributed by atoms with Gasteiger partial charge in [-0.1, -0.05) is 28.1 Å². The Balaban J connectivity index is 2.09. The fourth-order valence-corrected chi connectivity index (χ4v) is 2.72. The molecule has 0 saturated heterocycles. The van der Waals surface area contributed by atoms with Gasteiger partial charge in [0, 0.05) is 10.2 Å². The Morgan fingerprint density at radius 2 is 1.90 bits per heavy atom. The van der Waals surface area contributed by atoms with E-state index in [1.807, 2.05) is 18.2 Å². The molecule has 2 aromatic carbocycles. The largest absolute Gasteiger partial charge is 0.325 e.